The quantitative estimate of drug-likeness (QED) is 0.542. The SMILES string of the molecule is CCOC(=O)CCCc1ccc(OCC2CO2)c(C#N)c1. The lowest BCUT2D eigenvalue weighted by Crippen LogP contribution is -2.06. The van der Waals surface area contributed by atoms with Crippen molar-refractivity contribution >= 4 is 5.97 Å². The van der Waals surface area contributed by atoms with Crippen molar-refractivity contribution in [2.24, 2.45) is 0 Å². The first-order chi connectivity index (χ1) is 10.2. The van der Waals surface area contributed by atoms with Gasteiger partial charge in [-0.25, -0.2) is 0 Å². The van der Waals surface area contributed by atoms with Crippen LogP contribution in [0.15, 0.2) is 18.2 Å². The van der Waals surface area contributed by atoms with E-state index in [0.29, 0.717) is 37.4 Å². The maximum atomic E-state index is 11.3. The monoisotopic (exact) mass is 289 g/mol. The molecule has 1 aromatic carbocycles. The molecule has 2 rings (SSSR count). The number of epoxide rings is 1. The van der Waals surface area contributed by atoms with Crippen molar-refractivity contribution in [3.63, 3.8) is 0 Å². The number of ether oxygens (including phenoxy) is 3. The number of hydrogen-bond acceptors (Lipinski definition) is 5. The van der Waals surface area contributed by atoms with Gasteiger partial charge >= 0.3 is 5.97 Å². The zero-order valence-corrected chi connectivity index (χ0v) is 12.1. The van der Waals surface area contributed by atoms with Gasteiger partial charge in [-0.15, -0.1) is 0 Å². The van der Waals surface area contributed by atoms with Gasteiger partial charge in [0.2, 0.25) is 0 Å². The van der Waals surface area contributed by atoms with Crippen LogP contribution >= 0.6 is 0 Å². The second-order valence-electron chi connectivity index (χ2n) is 4.87. The first-order valence-electron chi connectivity index (χ1n) is 7.16. The van der Waals surface area contributed by atoms with Crippen LogP contribution < -0.4 is 4.74 Å². The molecule has 0 radical (unpaired) electrons. The van der Waals surface area contributed by atoms with Crippen LogP contribution in [0, 0.1) is 11.3 Å². The van der Waals surface area contributed by atoms with Crippen LogP contribution in [0.2, 0.25) is 0 Å². The van der Waals surface area contributed by atoms with E-state index in [1.807, 2.05) is 12.1 Å². The number of rotatable bonds is 8. The normalized spacial score (nSPS) is 16.1. The molecule has 1 aliphatic rings. The summed E-state index contributed by atoms with van der Waals surface area (Å²) >= 11 is 0. The average molecular weight is 289 g/mol. The van der Waals surface area contributed by atoms with Crippen molar-refractivity contribution in [3.05, 3.63) is 29.3 Å². The molecule has 1 heterocycles. The molecule has 5 heteroatoms. The van der Waals surface area contributed by atoms with E-state index in [1.165, 1.54) is 0 Å². The van der Waals surface area contributed by atoms with Crippen molar-refractivity contribution in [1.29, 1.82) is 5.26 Å². The Morgan fingerprint density at radius 3 is 3.00 bits per heavy atom. The third-order valence-electron chi connectivity index (χ3n) is 3.14. The van der Waals surface area contributed by atoms with Gasteiger partial charge in [0.25, 0.3) is 0 Å². The second kappa shape index (κ2) is 7.65. The van der Waals surface area contributed by atoms with Crippen LogP contribution in [0.4, 0.5) is 0 Å². The highest BCUT2D eigenvalue weighted by atomic mass is 16.6. The maximum Gasteiger partial charge on any atom is 0.305 e. The molecule has 0 saturated carbocycles. The molecule has 0 amide bonds. The lowest BCUT2D eigenvalue weighted by molar-refractivity contribution is -0.143. The predicted octanol–water partition coefficient (Wildman–Crippen LogP) is 2.22. The molecule has 5 nitrogen and oxygen atoms in total. The predicted molar refractivity (Wildman–Crippen MR) is 76.0 cm³/mol. The Balaban J connectivity index is 1.85. The minimum absolute atomic E-state index is 0.167. The zero-order valence-electron chi connectivity index (χ0n) is 12.1. The smallest absolute Gasteiger partial charge is 0.305 e. The largest absolute Gasteiger partial charge is 0.489 e. The summed E-state index contributed by atoms with van der Waals surface area (Å²) in [5.41, 5.74) is 1.54. The van der Waals surface area contributed by atoms with E-state index in [2.05, 4.69) is 6.07 Å². The van der Waals surface area contributed by atoms with Gasteiger partial charge in [-0.05, 0) is 37.5 Å². The van der Waals surface area contributed by atoms with Crippen molar-refractivity contribution in [2.75, 3.05) is 19.8 Å². The highest BCUT2D eigenvalue weighted by Crippen LogP contribution is 2.22. The summed E-state index contributed by atoms with van der Waals surface area (Å²) < 4.78 is 15.5. The first-order valence-corrected chi connectivity index (χ1v) is 7.16. The van der Waals surface area contributed by atoms with Gasteiger partial charge in [0.1, 0.15) is 24.5 Å². The molecule has 1 atom stereocenters. The molecule has 0 N–H and O–H groups in total. The zero-order chi connectivity index (χ0) is 15.1. The third-order valence-corrected chi connectivity index (χ3v) is 3.14. The Labute approximate surface area is 124 Å². The molecule has 0 bridgehead atoms. The number of nitrogens with zero attached hydrogens (tertiary/aromatic N) is 1. The summed E-state index contributed by atoms with van der Waals surface area (Å²) in [5, 5.41) is 9.17. The third kappa shape index (κ3) is 5.09. The van der Waals surface area contributed by atoms with Crippen molar-refractivity contribution in [1.82, 2.24) is 0 Å². The van der Waals surface area contributed by atoms with Crippen molar-refractivity contribution in [2.45, 2.75) is 32.3 Å². The number of benzene rings is 1. The van der Waals surface area contributed by atoms with Gasteiger partial charge in [-0.3, -0.25) is 4.79 Å². The Morgan fingerprint density at radius 1 is 1.52 bits per heavy atom. The lowest BCUT2D eigenvalue weighted by Gasteiger charge is -2.08. The van der Waals surface area contributed by atoms with E-state index in [0.717, 1.165) is 18.6 Å². The van der Waals surface area contributed by atoms with Crippen molar-refractivity contribution < 1.29 is 19.0 Å². The van der Waals surface area contributed by atoms with Crippen LogP contribution in [0.1, 0.15) is 30.9 Å². The number of hydrogen-bond donors (Lipinski definition) is 0. The number of carbonyl (C=O) groups excluding carboxylic acids is 1. The Bertz CT molecular complexity index is 532. The van der Waals surface area contributed by atoms with Crippen molar-refractivity contribution in [3.8, 4) is 11.8 Å². The van der Waals surface area contributed by atoms with Crippen LogP contribution in [-0.2, 0) is 20.7 Å². The Kier molecular flexibility index (Phi) is 5.59. The van der Waals surface area contributed by atoms with Gasteiger partial charge in [0, 0.05) is 6.42 Å². The number of nitriles is 1. The fraction of sp³-hybridized carbons (Fsp3) is 0.500. The molecule has 0 spiro atoms. The van der Waals surface area contributed by atoms with E-state index >= 15 is 0 Å². The highest BCUT2D eigenvalue weighted by Gasteiger charge is 2.23. The van der Waals surface area contributed by atoms with Crippen LogP contribution in [-0.4, -0.2) is 31.9 Å². The topological polar surface area (TPSA) is 71.8 Å². The molecule has 0 aromatic heterocycles. The first kappa shape index (κ1) is 15.3. The summed E-state index contributed by atoms with van der Waals surface area (Å²) in [7, 11) is 0. The number of aryl methyl sites for hydroxylation is 1. The average Bonchev–Trinajstić information content (AvgIpc) is 3.30. The van der Waals surface area contributed by atoms with E-state index in [-0.39, 0.29) is 12.1 Å². The molecule has 0 aliphatic carbocycles. The van der Waals surface area contributed by atoms with Crippen LogP contribution in [0.3, 0.4) is 0 Å². The second-order valence-corrected chi connectivity index (χ2v) is 4.87. The number of carbonyl (C=O) groups is 1. The van der Waals surface area contributed by atoms with Gasteiger partial charge in [-0.2, -0.15) is 5.26 Å². The summed E-state index contributed by atoms with van der Waals surface area (Å²) in [6, 6.07) is 7.69. The summed E-state index contributed by atoms with van der Waals surface area (Å²) in [5.74, 6) is 0.407. The van der Waals surface area contributed by atoms with Crippen LogP contribution in [0.25, 0.3) is 0 Å². The van der Waals surface area contributed by atoms with E-state index in [1.54, 1.807) is 13.0 Å². The summed E-state index contributed by atoms with van der Waals surface area (Å²) in [4.78, 5) is 11.3. The van der Waals surface area contributed by atoms with Gasteiger partial charge in [-0.1, -0.05) is 6.07 Å². The molecule has 21 heavy (non-hydrogen) atoms. The van der Waals surface area contributed by atoms with Gasteiger partial charge in [0.05, 0.1) is 18.8 Å². The molecule has 1 aliphatic heterocycles. The summed E-state index contributed by atoms with van der Waals surface area (Å²) in [6.07, 6.45) is 2.01. The lowest BCUT2D eigenvalue weighted by atomic mass is 10.0. The number of esters is 1. The van der Waals surface area contributed by atoms with Crippen LogP contribution in [0.5, 0.6) is 5.75 Å². The molecule has 1 saturated heterocycles. The minimum Gasteiger partial charge on any atom is -0.489 e. The maximum absolute atomic E-state index is 11.3. The fourth-order valence-corrected chi connectivity index (χ4v) is 1.96. The summed E-state index contributed by atoms with van der Waals surface area (Å²) in [6.45, 7) is 3.42. The Hall–Kier alpha value is -2.06. The van der Waals surface area contributed by atoms with E-state index in [4.69, 9.17) is 14.2 Å². The molecule has 1 fully saturated rings. The Morgan fingerprint density at radius 2 is 2.33 bits per heavy atom. The molecular weight excluding hydrogens is 270 g/mol. The van der Waals surface area contributed by atoms with Gasteiger partial charge in [0.15, 0.2) is 0 Å². The molecule has 1 aromatic rings. The standard InChI is InChI=1S/C16H19NO4/c1-2-19-16(18)5-3-4-12-6-7-15(13(8-12)9-17)21-11-14-10-20-14/h6-8,14H,2-5,10-11H2,1H3. The van der Waals surface area contributed by atoms with Gasteiger partial charge < -0.3 is 14.2 Å². The van der Waals surface area contributed by atoms with E-state index < -0.39 is 0 Å². The minimum atomic E-state index is -0.178. The molecule has 1 unspecified atom stereocenters. The van der Waals surface area contributed by atoms with E-state index in [9.17, 15) is 10.1 Å². The highest BCUT2D eigenvalue weighted by molar-refractivity contribution is 5.69. The molecule has 112 valence electrons. The molecular formula is C16H19NO4. The fourth-order valence-electron chi connectivity index (χ4n) is 1.96.